The van der Waals surface area contributed by atoms with Crippen LogP contribution in [0.15, 0.2) is 0 Å². The number of carboxylic acids is 1. The van der Waals surface area contributed by atoms with Crippen molar-refractivity contribution in [3.8, 4) is 0 Å². The molecule has 8 N–H and O–H groups in total. The van der Waals surface area contributed by atoms with Crippen molar-refractivity contribution < 1.29 is 29.1 Å². The predicted octanol–water partition coefficient (Wildman–Crippen LogP) is -1.55. The zero-order valence-electron chi connectivity index (χ0n) is 17.4. The second-order valence-electron chi connectivity index (χ2n) is 7.33. The summed E-state index contributed by atoms with van der Waals surface area (Å²) in [6.07, 6.45) is 0.537. The minimum atomic E-state index is -1.20. The van der Waals surface area contributed by atoms with Crippen LogP contribution in [0.3, 0.4) is 0 Å². The largest absolute Gasteiger partial charge is 0.480 e. The molecule has 0 radical (unpaired) electrons. The van der Waals surface area contributed by atoms with Gasteiger partial charge in [0.05, 0.1) is 6.04 Å². The lowest BCUT2D eigenvalue weighted by Gasteiger charge is -2.28. The van der Waals surface area contributed by atoms with Crippen LogP contribution in [0.5, 0.6) is 0 Å². The molecule has 166 valence electrons. The van der Waals surface area contributed by atoms with Gasteiger partial charge in [-0.15, -0.1) is 0 Å². The van der Waals surface area contributed by atoms with Gasteiger partial charge in [-0.3, -0.25) is 24.0 Å². The molecule has 4 unspecified atom stereocenters. The zero-order chi connectivity index (χ0) is 22.7. The molecule has 0 spiro atoms. The molecule has 0 rings (SSSR count). The van der Waals surface area contributed by atoms with E-state index in [1.165, 1.54) is 0 Å². The number of carboxylic acid groups (broad SMARTS) is 1. The molecule has 0 bridgehead atoms. The van der Waals surface area contributed by atoms with Crippen molar-refractivity contribution in [1.82, 2.24) is 16.0 Å². The number of amides is 4. The highest BCUT2D eigenvalue weighted by Gasteiger charge is 2.32. The molecule has 4 amide bonds. The maximum atomic E-state index is 12.7. The SMILES string of the molecule is CCC(C)C(NC(=O)C(NC(=O)C(N)CCC(N)=O)C(C)C)C(=O)NCC(=O)O. The monoisotopic (exact) mass is 415 g/mol. The van der Waals surface area contributed by atoms with E-state index in [4.69, 9.17) is 16.6 Å². The second kappa shape index (κ2) is 12.7. The van der Waals surface area contributed by atoms with Crippen molar-refractivity contribution >= 4 is 29.6 Å². The Kier molecular flexibility index (Phi) is 11.5. The van der Waals surface area contributed by atoms with Crippen LogP contribution in [0.2, 0.25) is 0 Å². The summed E-state index contributed by atoms with van der Waals surface area (Å²) in [7, 11) is 0. The average Bonchev–Trinajstić information content (AvgIpc) is 2.64. The lowest BCUT2D eigenvalue weighted by Crippen LogP contribution is -2.58. The number of aliphatic carboxylic acids is 1. The fraction of sp³-hybridized carbons (Fsp3) is 0.722. The van der Waals surface area contributed by atoms with Gasteiger partial charge in [-0.25, -0.2) is 0 Å². The smallest absolute Gasteiger partial charge is 0.322 e. The van der Waals surface area contributed by atoms with Gasteiger partial charge in [-0.05, 0) is 18.3 Å². The van der Waals surface area contributed by atoms with Crippen LogP contribution < -0.4 is 27.4 Å². The Hall–Kier alpha value is -2.69. The first kappa shape index (κ1) is 26.3. The summed E-state index contributed by atoms with van der Waals surface area (Å²) in [4.78, 5) is 58.8. The number of primary amides is 1. The molecular weight excluding hydrogens is 382 g/mol. The van der Waals surface area contributed by atoms with Gasteiger partial charge in [-0.2, -0.15) is 0 Å². The number of nitrogens with one attached hydrogen (secondary N) is 3. The standard InChI is InChI=1S/C18H33N5O6/c1-5-10(4)15(17(28)21-8-13(25)26)23-18(29)14(9(2)3)22-16(27)11(19)6-7-12(20)24/h9-11,14-15H,5-8,19H2,1-4H3,(H2,20,24)(H,21,28)(H,22,27)(H,23,29)(H,25,26). The highest BCUT2D eigenvalue weighted by atomic mass is 16.4. The molecule has 29 heavy (non-hydrogen) atoms. The van der Waals surface area contributed by atoms with Crippen LogP contribution in [-0.4, -0.2) is 59.4 Å². The molecule has 4 atom stereocenters. The number of nitrogens with two attached hydrogens (primary N) is 2. The molecule has 0 fully saturated rings. The molecular formula is C18H33N5O6. The lowest BCUT2D eigenvalue weighted by atomic mass is 9.96. The first-order valence-electron chi connectivity index (χ1n) is 9.54. The van der Waals surface area contributed by atoms with E-state index in [0.717, 1.165) is 0 Å². The van der Waals surface area contributed by atoms with Crippen molar-refractivity contribution in [3.05, 3.63) is 0 Å². The van der Waals surface area contributed by atoms with Gasteiger partial charge in [0.15, 0.2) is 0 Å². The Morgan fingerprint density at radius 3 is 1.93 bits per heavy atom. The summed E-state index contributed by atoms with van der Waals surface area (Å²) >= 11 is 0. The molecule has 0 heterocycles. The van der Waals surface area contributed by atoms with Crippen LogP contribution in [0.1, 0.15) is 47.0 Å². The Labute approximate surface area is 170 Å². The third-order valence-electron chi connectivity index (χ3n) is 4.49. The lowest BCUT2D eigenvalue weighted by molar-refractivity contribution is -0.139. The van der Waals surface area contributed by atoms with Crippen LogP contribution in [0.25, 0.3) is 0 Å². The minimum Gasteiger partial charge on any atom is -0.480 e. The maximum Gasteiger partial charge on any atom is 0.322 e. The molecule has 0 aliphatic rings. The molecule has 0 aromatic heterocycles. The molecule has 0 aliphatic carbocycles. The quantitative estimate of drug-likeness (QED) is 0.209. The van der Waals surface area contributed by atoms with Gasteiger partial charge in [0.1, 0.15) is 18.6 Å². The summed E-state index contributed by atoms with van der Waals surface area (Å²) in [5.74, 6) is -4.21. The maximum absolute atomic E-state index is 12.7. The van der Waals surface area contributed by atoms with Gasteiger partial charge in [0.2, 0.25) is 23.6 Å². The number of carbonyl (C=O) groups is 5. The molecule has 0 saturated carbocycles. The van der Waals surface area contributed by atoms with Crippen LogP contribution >= 0.6 is 0 Å². The van der Waals surface area contributed by atoms with Crippen molar-refractivity contribution in [1.29, 1.82) is 0 Å². The van der Waals surface area contributed by atoms with Gasteiger partial charge < -0.3 is 32.5 Å². The third-order valence-corrected chi connectivity index (χ3v) is 4.49. The zero-order valence-corrected chi connectivity index (χ0v) is 17.4. The van der Waals surface area contributed by atoms with Crippen molar-refractivity contribution in [2.75, 3.05) is 6.54 Å². The Morgan fingerprint density at radius 2 is 1.48 bits per heavy atom. The van der Waals surface area contributed by atoms with Gasteiger partial charge in [-0.1, -0.05) is 34.1 Å². The van der Waals surface area contributed by atoms with E-state index in [0.29, 0.717) is 6.42 Å². The van der Waals surface area contributed by atoms with Crippen LogP contribution in [0.4, 0.5) is 0 Å². The first-order valence-corrected chi connectivity index (χ1v) is 9.54. The molecule has 0 aromatic carbocycles. The fourth-order valence-corrected chi connectivity index (χ4v) is 2.44. The molecule has 0 saturated heterocycles. The van der Waals surface area contributed by atoms with E-state index in [1.54, 1.807) is 20.8 Å². The minimum absolute atomic E-state index is 0.0424. The summed E-state index contributed by atoms with van der Waals surface area (Å²) in [6, 6.07) is -2.95. The highest BCUT2D eigenvalue weighted by Crippen LogP contribution is 2.10. The highest BCUT2D eigenvalue weighted by molar-refractivity contribution is 5.94. The number of rotatable bonds is 13. The van der Waals surface area contributed by atoms with E-state index < -0.39 is 54.3 Å². The molecule has 0 aromatic rings. The Morgan fingerprint density at radius 1 is 0.931 bits per heavy atom. The Bertz CT molecular complexity index is 610. The summed E-state index contributed by atoms with van der Waals surface area (Å²) < 4.78 is 0. The molecule has 11 heteroatoms. The van der Waals surface area contributed by atoms with E-state index in [9.17, 15) is 24.0 Å². The summed E-state index contributed by atoms with van der Waals surface area (Å²) in [5.41, 5.74) is 10.8. The Balaban J connectivity index is 5.18. The number of hydrogen-bond acceptors (Lipinski definition) is 6. The topological polar surface area (TPSA) is 194 Å². The third kappa shape index (κ3) is 9.88. The van der Waals surface area contributed by atoms with Crippen LogP contribution in [0, 0.1) is 11.8 Å². The predicted molar refractivity (Wildman–Crippen MR) is 105 cm³/mol. The van der Waals surface area contributed by atoms with Gasteiger partial charge >= 0.3 is 5.97 Å². The van der Waals surface area contributed by atoms with Crippen molar-refractivity contribution in [3.63, 3.8) is 0 Å². The van der Waals surface area contributed by atoms with Gasteiger partial charge in [0.25, 0.3) is 0 Å². The van der Waals surface area contributed by atoms with Crippen molar-refractivity contribution in [2.45, 2.75) is 65.1 Å². The fourth-order valence-electron chi connectivity index (χ4n) is 2.44. The van der Waals surface area contributed by atoms with Crippen LogP contribution in [-0.2, 0) is 24.0 Å². The second-order valence-corrected chi connectivity index (χ2v) is 7.33. The molecule has 11 nitrogen and oxygen atoms in total. The summed E-state index contributed by atoms with van der Waals surface area (Å²) in [5, 5.41) is 16.1. The van der Waals surface area contributed by atoms with E-state index in [2.05, 4.69) is 16.0 Å². The number of hydrogen-bond donors (Lipinski definition) is 6. The van der Waals surface area contributed by atoms with Crippen molar-refractivity contribution in [2.24, 2.45) is 23.3 Å². The van der Waals surface area contributed by atoms with E-state index in [1.807, 2.05) is 6.92 Å². The normalized spacial score (nSPS) is 15.0. The van der Waals surface area contributed by atoms with E-state index in [-0.39, 0.29) is 24.7 Å². The van der Waals surface area contributed by atoms with E-state index >= 15 is 0 Å². The average molecular weight is 415 g/mol. The van der Waals surface area contributed by atoms with Gasteiger partial charge in [0, 0.05) is 6.42 Å². The first-order chi connectivity index (χ1) is 13.4. The molecule has 0 aliphatic heterocycles. The summed E-state index contributed by atoms with van der Waals surface area (Å²) in [6.45, 7) is 6.42. The number of carbonyl (C=O) groups excluding carboxylic acids is 4.